The van der Waals surface area contributed by atoms with Crippen molar-refractivity contribution in [3.63, 3.8) is 0 Å². The Hall–Kier alpha value is 0.220. The predicted octanol–water partition coefficient (Wildman–Crippen LogP) is 1.38. The number of allylic oxidation sites excluding steroid dienone is 4. The third-order valence-electron chi connectivity index (χ3n) is 0.698. The maximum absolute atomic E-state index is 2.49. The van der Waals surface area contributed by atoms with Crippen LogP contribution >= 0.6 is 0 Å². The van der Waals surface area contributed by atoms with Crippen molar-refractivity contribution in [2.75, 3.05) is 0 Å². The van der Waals surface area contributed by atoms with Crippen LogP contribution in [0.5, 0.6) is 0 Å². The summed E-state index contributed by atoms with van der Waals surface area (Å²) < 4.78 is 1.41. The Morgan fingerprint density at radius 1 is 1.67 bits per heavy atom. The van der Waals surface area contributed by atoms with Gasteiger partial charge in [-0.3, -0.25) is 0 Å². The van der Waals surface area contributed by atoms with Crippen LogP contribution in [0.25, 0.3) is 0 Å². The molecule has 0 spiro atoms. The Kier molecular flexibility index (Phi) is 1.30. The molecule has 0 aromatic heterocycles. The van der Waals surface area contributed by atoms with E-state index in [1.807, 2.05) is 0 Å². The minimum atomic E-state index is 1.14. The maximum atomic E-state index is 2.49. The molecule has 0 aromatic rings. The van der Waals surface area contributed by atoms with Gasteiger partial charge in [0.25, 0.3) is 0 Å². The first kappa shape index (κ1) is 4.38. The van der Waals surface area contributed by atoms with Crippen molar-refractivity contribution in [1.82, 2.24) is 0 Å². The summed E-state index contributed by atoms with van der Waals surface area (Å²) in [5, 5.41) is 0. The van der Waals surface area contributed by atoms with Crippen LogP contribution in [0.3, 0.4) is 0 Å². The van der Waals surface area contributed by atoms with Crippen LogP contribution < -0.4 is 0 Å². The van der Waals surface area contributed by atoms with Crippen LogP contribution in [-0.4, -0.2) is 0 Å². The first-order valence-electron chi connectivity index (χ1n) is 1.87. The first-order chi connectivity index (χ1) is 2.89. The van der Waals surface area contributed by atoms with Gasteiger partial charge in [-0.15, -0.1) is 0 Å². The fourth-order valence-corrected chi connectivity index (χ4v) is 0.869. The van der Waals surface area contributed by atoms with E-state index in [1.54, 1.807) is 0 Å². The molecule has 36 valence electrons. The molecule has 1 aliphatic rings. The van der Waals surface area contributed by atoms with E-state index in [0.717, 1.165) is 6.42 Å². The molecule has 1 aliphatic carbocycles. The van der Waals surface area contributed by atoms with E-state index in [0.29, 0.717) is 0 Å². The Bertz CT molecular complexity index is 101. The van der Waals surface area contributed by atoms with Gasteiger partial charge < -0.3 is 0 Å². The molecule has 6 heavy (non-hydrogen) atoms. The summed E-state index contributed by atoms with van der Waals surface area (Å²) in [5.41, 5.74) is 0. The molecule has 0 unspecified atom stereocenters. The number of rotatable bonds is 0. The minimum absolute atomic E-state index is 1.14. The molecule has 0 saturated carbocycles. The molecule has 0 nitrogen and oxygen atoms in total. The molecule has 0 aliphatic heterocycles. The first-order valence-corrected chi connectivity index (χ1v) is 2.95. The van der Waals surface area contributed by atoms with Crippen LogP contribution in [0, 0.1) is 0 Å². The summed E-state index contributed by atoms with van der Waals surface area (Å²) in [7, 11) is 0. The van der Waals surface area contributed by atoms with Crippen LogP contribution in [0.4, 0.5) is 0 Å². The van der Waals surface area contributed by atoms with Gasteiger partial charge in [-0.05, 0) is 0 Å². The Morgan fingerprint density at radius 3 is 2.67 bits per heavy atom. The quantitative estimate of drug-likeness (QED) is 0.578. The fourth-order valence-electron chi connectivity index (χ4n) is 0.405. The normalized spacial score (nSPS) is 18.7. The van der Waals surface area contributed by atoms with Gasteiger partial charge in [0, 0.05) is 0 Å². The molecular formula is C5H5Au. The summed E-state index contributed by atoms with van der Waals surface area (Å²) in [5.74, 6) is 0. The molecule has 0 radical (unpaired) electrons. The summed E-state index contributed by atoms with van der Waals surface area (Å²) in [6.07, 6.45) is 7.48. The second-order valence-electron chi connectivity index (χ2n) is 1.20. The third-order valence-corrected chi connectivity index (χ3v) is 1.50. The average Bonchev–Trinajstić information content (AvgIpc) is 1.86. The number of hydrogen-bond acceptors (Lipinski definition) is 0. The molecule has 0 amide bonds. The van der Waals surface area contributed by atoms with Gasteiger partial charge in [0.15, 0.2) is 0 Å². The molecule has 0 aromatic carbocycles. The van der Waals surface area contributed by atoms with Gasteiger partial charge in [0.1, 0.15) is 0 Å². The van der Waals surface area contributed by atoms with Gasteiger partial charge in [0.2, 0.25) is 0 Å². The standard InChI is InChI=1S/C5H5.Au/c1-2-4-5-3-1;/h1-3H,4H2;. The molecule has 0 saturated heterocycles. The monoisotopic (exact) mass is 262 g/mol. The summed E-state index contributed by atoms with van der Waals surface area (Å²) in [4.78, 5) is 0. The van der Waals surface area contributed by atoms with E-state index < -0.39 is 0 Å². The van der Waals surface area contributed by atoms with Crippen LogP contribution in [0.1, 0.15) is 6.42 Å². The molecule has 0 atom stereocenters. The molecule has 0 N–H and O–H groups in total. The van der Waals surface area contributed by atoms with E-state index in [1.165, 1.54) is 3.79 Å². The molecule has 0 fully saturated rings. The average molecular weight is 262 g/mol. The van der Waals surface area contributed by atoms with Crippen LogP contribution in [-0.2, 0) is 21.1 Å². The van der Waals surface area contributed by atoms with E-state index in [2.05, 4.69) is 39.3 Å². The molecule has 1 heteroatoms. The van der Waals surface area contributed by atoms with Crippen molar-refractivity contribution < 1.29 is 21.1 Å². The van der Waals surface area contributed by atoms with Crippen molar-refractivity contribution in [2.45, 2.75) is 6.42 Å². The predicted molar refractivity (Wildman–Crippen MR) is 21.8 cm³/mol. The SMILES string of the molecule is [Au][C]1=CC=CC1. The topological polar surface area (TPSA) is 0 Å². The van der Waals surface area contributed by atoms with Gasteiger partial charge in [-0.2, -0.15) is 0 Å². The zero-order chi connectivity index (χ0) is 4.41. The molecule has 0 heterocycles. The summed E-state index contributed by atoms with van der Waals surface area (Å²) in [6, 6.07) is 0. The second kappa shape index (κ2) is 1.78. The third kappa shape index (κ3) is 0.839. The van der Waals surface area contributed by atoms with Crippen molar-refractivity contribution in [1.29, 1.82) is 0 Å². The second-order valence-corrected chi connectivity index (χ2v) is 2.59. The zero-order valence-electron chi connectivity index (χ0n) is 3.24. The van der Waals surface area contributed by atoms with Crippen molar-refractivity contribution in [2.24, 2.45) is 0 Å². The van der Waals surface area contributed by atoms with E-state index in [-0.39, 0.29) is 0 Å². The van der Waals surface area contributed by atoms with Gasteiger partial charge in [0.05, 0.1) is 0 Å². The molecular weight excluding hydrogens is 257 g/mol. The summed E-state index contributed by atoms with van der Waals surface area (Å²) >= 11 is 2.49. The fraction of sp³-hybridized carbons (Fsp3) is 0.200. The van der Waals surface area contributed by atoms with Gasteiger partial charge >= 0.3 is 49.5 Å². The van der Waals surface area contributed by atoms with Crippen LogP contribution in [0.15, 0.2) is 22.0 Å². The van der Waals surface area contributed by atoms with Gasteiger partial charge in [-0.25, -0.2) is 0 Å². The van der Waals surface area contributed by atoms with Crippen molar-refractivity contribution in [3.8, 4) is 0 Å². The Morgan fingerprint density at radius 2 is 2.50 bits per heavy atom. The van der Waals surface area contributed by atoms with Crippen molar-refractivity contribution in [3.05, 3.63) is 22.0 Å². The summed E-state index contributed by atoms with van der Waals surface area (Å²) in [6.45, 7) is 0. The van der Waals surface area contributed by atoms with Crippen molar-refractivity contribution >= 4 is 0 Å². The Balaban J connectivity index is 2.61. The molecule has 1 rings (SSSR count). The molecule has 0 bridgehead atoms. The zero-order valence-corrected chi connectivity index (χ0v) is 5.41. The van der Waals surface area contributed by atoms with E-state index >= 15 is 0 Å². The van der Waals surface area contributed by atoms with Crippen LogP contribution in [0.2, 0.25) is 0 Å². The van der Waals surface area contributed by atoms with E-state index in [9.17, 15) is 0 Å². The van der Waals surface area contributed by atoms with Gasteiger partial charge in [-0.1, -0.05) is 0 Å². The number of hydrogen-bond donors (Lipinski definition) is 0. The van der Waals surface area contributed by atoms with E-state index in [4.69, 9.17) is 0 Å². The Labute approximate surface area is 49.8 Å².